The smallest absolute Gasteiger partial charge is 0.367 e. The molecule has 9 nitrogen and oxygen atoms in total. The van der Waals surface area contributed by atoms with Gasteiger partial charge in [-0.05, 0) is 42.8 Å². The van der Waals surface area contributed by atoms with Crippen LogP contribution in [0, 0.1) is 12.7 Å². The number of anilines is 2. The van der Waals surface area contributed by atoms with Crippen molar-refractivity contribution in [2.24, 2.45) is 4.99 Å². The number of hydrogen-bond acceptors (Lipinski definition) is 6. The van der Waals surface area contributed by atoms with Crippen LogP contribution < -0.4 is 10.2 Å². The molecular formula is C29H21F7N6O3S. The van der Waals surface area contributed by atoms with E-state index in [2.05, 4.69) is 25.1 Å². The zero-order chi connectivity index (χ0) is 33.4. The van der Waals surface area contributed by atoms with Crippen molar-refractivity contribution >= 4 is 40.2 Å². The Hall–Kier alpha value is -4.77. The SMILES string of the molecule is COC(c1ccc(C)cc1N1C(=O)CS/C1=N\C(=O)Nc1ccc(-n2cnc(-c3ccc(C(F)(F)F)cc3)n2)cc1F)C(F)(F)F. The molecule has 240 valence electrons. The Bertz CT molecular complexity index is 1820. The Kier molecular flexibility index (Phi) is 8.90. The predicted molar refractivity (Wildman–Crippen MR) is 155 cm³/mol. The summed E-state index contributed by atoms with van der Waals surface area (Å²) >= 11 is 0.815. The number of rotatable bonds is 6. The number of urea groups is 1. The summed E-state index contributed by atoms with van der Waals surface area (Å²) in [4.78, 5) is 34.3. The Labute approximate surface area is 260 Å². The fraction of sp³-hybridized carbons (Fsp3) is 0.207. The molecule has 1 N–H and O–H groups in total. The molecule has 0 saturated carbocycles. The molecule has 1 saturated heterocycles. The predicted octanol–water partition coefficient (Wildman–Crippen LogP) is 7.32. The number of methoxy groups -OCH3 is 1. The van der Waals surface area contributed by atoms with E-state index in [4.69, 9.17) is 0 Å². The molecule has 1 aromatic heterocycles. The number of alkyl halides is 6. The molecule has 1 unspecified atom stereocenters. The quantitative estimate of drug-likeness (QED) is 0.217. The number of amidine groups is 1. The number of benzene rings is 3. The van der Waals surface area contributed by atoms with Gasteiger partial charge in [-0.3, -0.25) is 9.69 Å². The van der Waals surface area contributed by atoms with Crippen LogP contribution in [0.15, 0.2) is 72.0 Å². The molecule has 1 aliphatic rings. The standard InChI is InChI=1S/C29H21F7N6O3S/c1-15-3-9-19(24(45-2)29(34,35)36)22(11-15)42-23(43)13-46-27(42)39-26(44)38-21-10-8-18(12-20(21)30)41-14-37-25(40-41)16-4-6-17(7-5-16)28(31,32)33/h3-12,14,24H,13H2,1-2H3,(H,38,44)/b39-27-. The van der Waals surface area contributed by atoms with Crippen LogP contribution in [0.4, 0.5) is 46.9 Å². The molecular weight excluding hydrogens is 645 g/mol. The normalized spacial score (nSPS) is 15.5. The highest BCUT2D eigenvalue weighted by molar-refractivity contribution is 8.15. The van der Waals surface area contributed by atoms with Gasteiger partial charge in [0, 0.05) is 24.3 Å². The molecule has 2 heterocycles. The van der Waals surface area contributed by atoms with Crippen molar-refractivity contribution in [1.82, 2.24) is 14.8 Å². The van der Waals surface area contributed by atoms with Gasteiger partial charge < -0.3 is 10.1 Å². The van der Waals surface area contributed by atoms with E-state index in [1.165, 1.54) is 53.5 Å². The first-order valence-corrected chi connectivity index (χ1v) is 14.1. The van der Waals surface area contributed by atoms with Crippen LogP contribution in [-0.2, 0) is 15.7 Å². The number of hydrogen-bond donors (Lipinski definition) is 1. The van der Waals surface area contributed by atoms with Gasteiger partial charge in [-0.15, -0.1) is 5.10 Å². The lowest BCUT2D eigenvalue weighted by Crippen LogP contribution is -2.33. The van der Waals surface area contributed by atoms with E-state index in [1.807, 2.05) is 0 Å². The summed E-state index contributed by atoms with van der Waals surface area (Å²) in [5.74, 6) is -1.67. The van der Waals surface area contributed by atoms with E-state index < -0.39 is 41.8 Å². The number of nitrogens with one attached hydrogen (secondary N) is 1. The van der Waals surface area contributed by atoms with Gasteiger partial charge in [0.15, 0.2) is 17.1 Å². The number of nitrogens with zero attached hydrogens (tertiary/aromatic N) is 5. The van der Waals surface area contributed by atoms with Gasteiger partial charge in [-0.1, -0.05) is 36.0 Å². The van der Waals surface area contributed by atoms with E-state index >= 15 is 4.39 Å². The van der Waals surface area contributed by atoms with Crippen LogP contribution in [0.1, 0.15) is 22.8 Å². The summed E-state index contributed by atoms with van der Waals surface area (Å²) in [6.07, 6.45) is -10.4. The minimum atomic E-state index is -4.80. The lowest BCUT2D eigenvalue weighted by Gasteiger charge is -2.26. The maximum Gasteiger partial charge on any atom is 0.418 e. The van der Waals surface area contributed by atoms with Crippen LogP contribution in [-0.4, -0.2) is 50.9 Å². The first kappa shape index (κ1) is 32.6. The number of carbonyl (C=O) groups excluding carboxylic acids is 2. The highest BCUT2D eigenvalue weighted by Crippen LogP contribution is 2.42. The van der Waals surface area contributed by atoms with Crippen molar-refractivity contribution in [3.63, 3.8) is 0 Å². The maximum absolute atomic E-state index is 15.0. The molecule has 0 aliphatic carbocycles. The van der Waals surface area contributed by atoms with E-state index in [0.717, 1.165) is 42.0 Å². The molecule has 1 fully saturated rings. The van der Waals surface area contributed by atoms with Gasteiger partial charge in [-0.2, -0.15) is 31.3 Å². The number of aryl methyl sites for hydroxylation is 1. The van der Waals surface area contributed by atoms with Crippen molar-refractivity contribution in [3.8, 4) is 17.1 Å². The average Bonchev–Trinajstić information content (AvgIpc) is 3.61. The fourth-order valence-corrected chi connectivity index (χ4v) is 5.35. The number of thioether (sulfide) groups is 1. The molecule has 0 radical (unpaired) electrons. The number of aliphatic imine (C=N–C) groups is 1. The first-order chi connectivity index (χ1) is 21.7. The summed E-state index contributed by atoms with van der Waals surface area (Å²) in [7, 11) is 0.881. The second kappa shape index (κ2) is 12.6. The van der Waals surface area contributed by atoms with Crippen LogP contribution in [0.2, 0.25) is 0 Å². The molecule has 0 spiro atoms. The highest BCUT2D eigenvalue weighted by Gasteiger charge is 2.44. The third kappa shape index (κ3) is 6.89. The second-order valence-electron chi connectivity index (χ2n) is 9.81. The van der Waals surface area contributed by atoms with Gasteiger partial charge in [0.25, 0.3) is 0 Å². The largest absolute Gasteiger partial charge is 0.418 e. The van der Waals surface area contributed by atoms with Gasteiger partial charge in [-0.25, -0.2) is 18.9 Å². The monoisotopic (exact) mass is 666 g/mol. The summed E-state index contributed by atoms with van der Waals surface area (Å²) in [5.41, 5.74) is -0.681. The molecule has 4 aromatic rings. The number of halogens is 7. The van der Waals surface area contributed by atoms with E-state index in [1.54, 1.807) is 6.92 Å². The summed E-state index contributed by atoms with van der Waals surface area (Å²) in [6, 6.07) is 10.6. The van der Waals surface area contributed by atoms with Crippen molar-refractivity contribution in [2.45, 2.75) is 25.4 Å². The average molecular weight is 667 g/mol. The molecule has 46 heavy (non-hydrogen) atoms. The van der Waals surface area contributed by atoms with E-state index in [9.17, 15) is 35.9 Å². The zero-order valence-corrected chi connectivity index (χ0v) is 24.5. The van der Waals surface area contributed by atoms with Crippen LogP contribution in [0.3, 0.4) is 0 Å². The van der Waals surface area contributed by atoms with Gasteiger partial charge in [0.05, 0.1) is 28.4 Å². The second-order valence-corrected chi connectivity index (χ2v) is 10.8. The Morgan fingerprint density at radius 3 is 2.39 bits per heavy atom. The highest BCUT2D eigenvalue weighted by atomic mass is 32.2. The van der Waals surface area contributed by atoms with E-state index in [-0.39, 0.29) is 39.4 Å². The lowest BCUT2D eigenvalue weighted by atomic mass is 10.0. The molecule has 3 aromatic carbocycles. The van der Waals surface area contributed by atoms with Crippen molar-refractivity contribution in [3.05, 3.63) is 89.5 Å². The van der Waals surface area contributed by atoms with E-state index in [0.29, 0.717) is 11.1 Å². The van der Waals surface area contributed by atoms with Gasteiger partial charge >= 0.3 is 18.4 Å². The molecule has 17 heteroatoms. The topological polar surface area (TPSA) is 102 Å². The van der Waals surface area contributed by atoms with Crippen LogP contribution in [0.5, 0.6) is 0 Å². The number of amides is 3. The molecule has 5 rings (SSSR count). The van der Waals surface area contributed by atoms with Crippen LogP contribution >= 0.6 is 11.8 Å². The maximum atomic E-state index is 15.0. The molecule has 0 bridgehead atoms. The third-order valence-electron chi connectivity index (χ3n) is 6.63. The summed E-state index contributed by atoms with van der Waals surface area (Å²) in [5, 5.41) is 6.18. The molecule has 1 aliphatic heterocycles. The van der Waals surface area contributed by atoms with Crippen LogP contribution in [0.25, 0.3) is 17.1 Å². The Morgan fingerprint density at radius 1 is 1.04 bits per heavy atom. The number of carbonyl (C=O) groups is 2. The minimum absolute atomic E-state index is 0.0827. The van der Waals surface area contributed by atoms with Gasteiger partial charge in [0.1, 0.15) is 12.1 Å². The number of ether oxygens (including phenoxy) is 1. The van der Waals surface area contributed by atoms with Crippen molar-refractivity contribution in [1.29, 1.82) is 0 Å². The summed E-state index contributed by atoms with van der Waals surface area (Å²) < 4.78 is 101. The fourth-order valence-electron chi connectivity index (χ4n) is 4.49. The third-order valence-corrected chi connectivity index (χ3v) is 7.55. The molecule has 1 atom stereocenters. The Balaban J connectivity index is 1.35. The first-order valence-electron chi connectivity index (χ1n) is 13.1. The van der Waals surface area contributed by atoms with Crippen molar-refractivity contribution in [2.75, 3.05) is 23.1 Å². The lowest BCUT2D eigenvalue weighted by molar-refractivity contribution is -0.215. The van der Waals surface area contributed by atoms with Crippen molar-refractivity contribution < 1.29 is 45.1 Å². The minimum Gasteiger partial charge on any atom is -0.367 e. The number of aromatic nitrogens is 3. The van der Waals surface area contributed by atoms with Gasteiger partial charge in [0.2, 0.25) is 5.91 Å². The molecule has 3 amide bonds. The summed E-state index contributed by atoms with van der Waals surface area (Å²) in [6.45, 7) is 1.61. The zero-order valence-electron chi connectivity index (χ0n) is 23.7. The Morgan fingerprint density at radius 2 is 1.76 bits per heavy atom.